The van der Waals surface area contributed by atoms with Crippen molar-refractivity contribution >= 4 is 26.8 Å². The average molecular weight is 335 g/mol. The summed E-state index contributed by atoms with van der Waals surface area (Å²) in [7, 11) is 0. The lowest BCUT2D eigenvalue weighted by molar-refractivity contribution is 0.299. The monoisotopic (exact) mass is 334 g/mol. The first-order valence-corrected chi connectivity index (χ1v) is 8.49. The molecule has 1 aromatic heterocycles. The normalized spacial score (nSPS) is 23.3. The van der Waals surface area contributed by atoms with Crippen LogP contribution in [0.25, 0.3) is 10.9 Å². The van der Waals surface area contributed by atoms with E-state index in [2.05, 4.69) is 63.2 Å². The smallest absolute Gasteiger partial charge is 0.0492 e. The molecule has 0 saturated heterocycles. The lowest BCUT2D eigenvalue weighted by Crippen LogP contribution is -2.35. The van der Waals surface area contributed by atoms with Gasteiger partial charge in [0.05, 0.1) is 0 Å². The van der Waals surface area contributed by atoms with Crippen molar-refractivity contribution in [2.75, 3.05) is 6.54 Å². The lowest BCUT2D eigenvalue weighted by Gasteiger charge is -2.27. The van der Waals surface area contributed by atoms with Crippen molar-refractivity contribution in [1.82, 2.24) is 9.88 Å². The molecule has 1 aliphatic carbocycles. The van der Waals surface area contributed by atoms with Crippen molar-refractivity contribution in [2.24, 2.45) is 5.92 Å². The molecule has 0 spiro atoms. The van der Waals surface area contributed by atoms with E-state index in [1.54, 1.807) is 0 Å². The van der Waals surface area contributed by atoms with Gasteiger partial charge in [-0.15, -0.1) is 0 Å². The van der Waals surface area contributed by atoms with Crippen LogP contribution in [-0.4, -0.2) is 17.2 Å². The molecule has 2 unspecified atom stereocenters. The Bertz CT molecular complexity index is 575. The van der Waals surface area contributed by atoms with E-state index >= 15 is 0 Å². The van der Waals surface area contributed by atoms with Crippen LogP contribution >= 0.6 is 15.9 Å². The van der Waals surface area contributed by atoms with Gasteiger partial charge in [-0.3, -0.25) is 0 Å². The third-order valence-corrected chi connectivity index (χ3v) is 4.95. The molecule has 3 rings (SSSR count). The van der Waals surface area contributed by atoms with Crippen LogP contribution in [0.5, 0.6) is 0 Å². The second-order valence-corrected chi connectivity index (χ2v) is 7.05. The van der Waals surface area contributed by atoms with E-state index in [0.717, 1.165) is 29.5 Å². The Morgan fingerprint density at radius 3 is 3.05 bits per heavy atom. The molecule has 2 atom stereocenters. The highest BCUT2D eigenvalue weighted by Crippen LogP contribution is 2.24. The molecule has 1 saturated carbocycles. The minimum atomic E-state index is 0.729. The Labute approximate surface area is 129 Å². The molecule has 1 aliphatic rings. The quantitative estimate of drug-likeness (QED) is 0.866. The Morgan fingerprint density at radius 2 is 2.20 bits per heavy atom. The lowest BCUT2D eigenvalue weighted by atomic mass is 9.87. The molecule has 1 fully saturated rings. The van der Waals surface area contributed by atoms with Crippen LogP contribution < -0.4 is 5.32 Å². The van der Waals surface area contributed by atoms with Crippen LogP contribution in [-0.2, 0) is 6.54 Å². The van der Waals surface area contributed by atoms with E-state index < -0.39 is 0 Å². The van der Waals surface area contributed by atoms with Crippen molar-refractivity contribution < 1.29 is 0 Å². The van der Waals surface area contributed by atoms with Crippen LogP contribution in [0.4, 0.5) is 0 Å². The second kappa shape index (κ2) is 6.31. The summed E-state index contributed by atoms with van der Waals surface area (Å²) in [5.74, 6) is 0.893. The molecule has 0 bridgehead atoms. The number of nitrogens with zero attached hydrogens (tertiary/aromatic N) is 1. The van der Waals surface area contributed by atoms with Crippen LogP contribution in [0.1, 0.15) is 32.6 Å². The zero-order valence-electron chi connectivity index (χ0n) is 12.1. The molecule has 0 aliphatic heterocycles. The Balaban J connectivity index is 1.58. The third-order valence-electron chi connectivity index (χ3n) is 4.46. The molecule has 2 nitrogen and oxygen atoms in total. The van der Waals surface area contributed by atoms with Gasteiger partial charge in [-0.25, -0.2) is 0 Å². The van der Waals surface area contributed by atoms with Gasteiger partial charge in [-0.05, 0) is 42.3 Å². The average Bonchev–Trinajstić information content (AvgIpc) is 2.82. The second-order valence-electron chi connectivity index (χ2n) is 6.14. The summed E-state index contributed by atoms with van der Waals surface area (Å²) >= 11 is 3.56. The van der Waals surface area contributed by atoms with Crippen LogP contribution in [0.2, 0.25) is 0 Å². The first-order chi connectivity index (χ1) is 9.72. The van der Waals surface area contributed by atoms with Crippen LogP contribution in [0.3, 0.4) is 0 Å². The molecule has 108 valence electrons. The number of halogens is 1. The number of hydrogen-bond donors (Lipinski definition) is 1. The van der Waals surface area contributed by atoms with Gasteiger partial charge in [-0.2, -0.15) is 0 Å². The summed E-state index contributed by atoms with van der Waals surface area (Å²) in [6.45, 7) is 4.49. The summed E-state index contributed by atoms with van der Waals surface area (Å²) in [6, 6.07) is 9.41. The Kier molecular flexibility index (Phi) is 4.47. The predicted molar refractivity (Wildman–Crippen MR) is 89.1 cm³/mol. The fraction of sp³-hybridized carbons (Fsp3) is 0.529. The molecule has 0 amide bonds. The molecular formula is C17H23BrN2. The fourth-order valence-electron chi connectivity index (χ4n) is 3.36. The Hall–Kier alpha value is -0.800. The van der Waals surface area contributed by atoms with E-state index in [0.29, 0.717) is 0 Å². The van der Waals surface area contributed by atoms with Crippen molar-refractivity contribution in [1.29, 1.82) is 0 Å². The number of benzene rings is 1. The molecule has 2 aromatic rings. The summed E-state index contributed by atoms with van der Waals surface area (Å²) in [5, 5.41) is 5.06. The van der Waals surface area contributed by atoms with Crippen molar-refractivity contribution in [3.63, 3.8) is 0 Å². The topological polar surface area (TPSA) is 17.0 Å². The van der Waals surface area contributed by atoms with E-state index in [9.17, 15) is 0 Å². The highest BCUT2D eigenvalue weighted by Gasteiger charge is 2.17. The van der Waals surface area contributed by atoms with Gasteiger partial charge in [0.15, 0.2) is 0 Å². The van der Waals surface area contributed by atoms with Crippen LogP contribution in [0.15, 0.2) is 34.9 Å². The first kappa shape index (κ1) is 14.2. The number of nitrogens with one attached hydrogen (secondary N) is 1. The van der Waals surface area contributed by atoms with Crippen molar-refractivity contribution in [3.05, 3.63) is 34.9 Å². The van der Waals surface area contributed by atoms with Gasteiger partial charge in [0.2, 0.25) is 0 Å². The summed E-state index contributed by atoms with van der Waals surface area (Å²) < 4.78 is 3.50. The molecular weight excluding hydrogens is 312 g/mol. The number of aromatic nitrogens is 1. The molecule has 1 aromatic carbocycles. The number of fused-ring (bicyclic) bond motifs is 1. The number of hydrogen-bond acceptors (Lipinski definition) is 1. The van der Waals surface area contributed by atoms with Crippen LogP contribution in [0, 0.1) is 5.92 Å². The van der Waals surface area contributed by atoms with Crippen molar-refractivity contribution in [3.8, 4) is 0 Å². The van der Waals surface area contributed by atoms with Gasteiger partial charge in [0.25, 0.3) is 0 Å². The van der Waals surface area contributed by atoms with Gasteiger partial charge < -0.3 is 9.88 Å². The minimum absolute atomic E-state index is 0.729. The largest absolute Gasteiger partial charge is 0.346 e. The van der Waals surface area contributed by atoms with Gasteiger partial charge in [-0.1, -0.05) is 41.8 Å². The number of rotatable bonds is 4. The minimum Gasteiger partial charge on any atom is -0.346 e. The van der Waals surface area contributed by atoms with Crippen molar-refractivity contribution in [2.45, 2.75) is 45.2 Å². The molecule has 1 heterocycles. The SMILES string of the molecule is CC1CCCC(NCCn2ccc3ccc(Br)cc32)C1. The van der Waals surface area contributed by atoms with Gasteiger partial charge >= 0.3 is 0 Å². The van der Waals surface area contributed by atoms with Gasteiger partial charge in [0, 0.05) is 35.3 Å². The standard InChI is InChI=1S/C17H23BrN2/c1-13-3-2-4-16(11-13)19-8-10-20-9-7-14-5-6-15(18)12-17(14)20/h5-7,9,12-13,16,19H,2-4,8,10-11H2,1H3. The van der Waals surface area contributed by atoms with Gasteiger partial charge in [0.1, 0.15) is 0 Å². The molecule has 1 N–H and O–H groups in total. The Morgan fingerprint density at radius 1 is 1.30 bits per heavy atom. The zero-order chi connectivity index (χ0) is 13.9. The maximum absolute atomic E-state index is 3.74. The molecule has 0 radical (unpaired) electrons. The van der Waals surface area contributed by atoms with E-state index in [1.165, 1.54) is 36.6 Å². The van der Waals surface area contributed by atoms with E-state index in [-0.39, 0.29) is 0 Å². The predicted octanol–water partition coefficient (Wildman–Crippen LogP) is 4.57. The van der Waals surface area contributed by atoms with E-state index in [4.69, 9.17) is 0 Å². The first-order valence-electron chi connectivity index (χ1n) is 7.70. The molecule has 3 heteroatoms. The summed E-state index contributed by atoms with van der Waals surface area (Å²) in [5.41, 5.74) is 1.32. The summed E-state index contributed by atoms with van der Waals surface area (Å²) in [6.07, 6.45) is 7.69. The zero-order valence-corrected chi connectivity index (χ0v) is 13.7. The maximum Gasteiger partial charge on any atom is 0.0492 e. The van der Waals surface area contributed by atoms with E-state index in [1.807, 2.05) is 0 Å². The fourth-order valence-corrected chi connectivity index (χ4v) is 3.71. The summed E-state index contributed by atoms with van der Waals surface area (Å²) in [4.78, 5) is 0. The third kappa shape index (κ3) is 3.26. The maximum atomic E-state index is 3.74. The molecule has 20 heavy (non-hydrogen) atoms. The highest BCUT2D eigenvalue weighted by atomic mass is 79.9. The highest BCUT2D eigenvalue weighted by molar-refractivity contribution is 9.10.